The first-order chi connectivity index (χ1) is 15.3. The average Bonchev–Trinajstić information content (AvgIpc) is 3.37. The van der Waals surface area contributed by atoms with Gasteiger partial charge in [-0.3, -0.25) is 9.48 Å². The zero-order valence-corrected chi connectivity index (χ0v) is 17.7. The molecule has 172 valence electrons. The Morgan fingerprint density at radius 3 is 2.44 bits per heavy atom. The minimum absolute atomic E-state index is 0.130. The van der Waals surface area contributed by atoms with Gasteiger partial charge < -0.3 is 19.2 Å². The zero-order valence-electron chi connectivity index (χ0n) is 17.7. The minimum atomic E-state index is -4.47. The molecule has 0 bridgehead atoms. The number of rotatable bonds is 10. The summed E-state index contributed by atoms with van der Waals surface area (Å²) in [5.41, 5.74) is -0.513. The van der Waals surface area contributed by atoms with Crippen LogP contribution in [-0.4, -0.2) is 28.8 Å². The van der Waals surface area contributed by atoms with Gasteiger partial charge in [0.25, 0.3) is 5.91 Å². The van der Waals surface area contributed by atoms with Crippen molar-refractivity contribution in [3.63, 3.8) is 0 Å². The quantitative estimate of drug-likeness (QED) is 0.456. The summed E-state index contributed by atoms with van der Waals surface area (Å²) in [6, 6.07) is 11.3. The van der Waals surface area contributed by atoms with E-state index in [-0.39, 0.29) is 25.5 Å². The van der Waals surface area contributed by atoms with E-state index in [4.69, 9.17) is 13.9 Å². The number of nitrogens with zero attached hydrogens (tertiary/aromatic N) is 2. The number of aromatic nitrogens is 2. The van der Waals surface area contributed by atoms with Crippen LogP contribution in [0.3, 0.4) is 0 Å². The highest BCUT2D eigenvalue weighted by Gasteiger charge is 2.34. The lowest BCUT2D eigenvalue weighted by Crippen LogP contribution is -2.25. The van der Waals surface area contributed by atoms with Gasteiger partial charge in [-0.2, -0.15) is 18.3 Å². The molecule has 0 radical (unpaired) electrons. The maximum Gasteiger partial charge on any atom is 0.435 e. The van der Waals surface area contributed by atoms with Gasteiger partial charge in [-0.05, 0) is 62.7 Å². The fourth-order valence-electron chi connectivity index (χ4n) is 2.92. The van der Waals surface area contributed by atoms with Crippen molar-refractivity contribution in [3.05, 3.63) is 65.4 Å². The van der Waals surface area contributed by atoms with Gasteiger partial charge in [0.05, 0.1) is 6.61 Å². The number of aryl methyl sites for hydroxylation is 2. The molecule has 1 N–H and O–H groups in total. The first-order valence-corrected chi connectivity index (χ1v) is 10.1. The Labute approximate surface area is 183 Å². The maximum atomic E-state index is 12.7. The zero-order chi connectivity index (χ0) is 23.1. The Morgan fingerprint density at radius 1 is 1.12 bits per heavy atom. The second-order valence-electron chi connectivity index (χ2n) is 6.96. The summed E-state index contributed by atoms with van der Waals surface area (Å²) in [7, 11) is 0. The number of alkyl halides is 3. The first-order valence-electron chi connectivity index (χ1n) is 10.1. The predicted molar refractivity (Wildman–Crippen MR) is 110 cm³/mol. The Hall–Kier alpha value is -3.43. The molecule has 7 nitrogen and oxygen atoms in total. The standard InChI is InChI=1S/C22H24F3N3O4/c1-3-30-16-5-7-17(8-6-16)31-14-18-9-10-19(32-18)21(29)26-11-4-12-28-15(2)13-20(27-28)22(23,24)25/h5-10,13H,3-4,11-12,14H2,1-2H3,(H,26,29). The van der Waals surface area contributed by atoms with Crippen LogP contribution >= 0.6 is 0 Å². The van der Waals surface area contributed by atoms with Gasteiger partial charge in [0.15, 0.2) is 11.5 Å². The Balaban J connectivity index is 1.42. The van der Waals surface area contributed by atoms with Crippen molar-refractivity contribution in [1.29, 1.82) is 0 Å². The largest absolute Gasteiger partial charge is 0.494 e. The number of furan rings is 1. The van der Waals surface area contributed by atoms with Crippen molar-refractivity contribution in [2.45, 2.75) is 39.6 Å². The second-order valence-corrected chi connectivity index (χ2v) is 6.96. The molecule has 2 aromatic heterocycles. The summed E-state index contributed by atoms with van der Waals surface area (Å²) in [6.45, 7) is 4.71. The number of carbonyl (C=O) groups is 1. The Kier molecular flexibility index (Phi) is 7.45. The van der Waals surface area contributed by atoms with Gasteiger partial charge in [0.1, 0.15) is 23.9 Å². The number of hydrogen-bond acceptors (Lipinski definition) is 5. The molecule has 0 saturated heterocycles. The minimum Gasteiger partial charge on any atom is -0.494 e. The SMILES string of the molecule is CCOc1ccc(OCc2ccc(C(=O)NCCCn3nc(C(F)(F)F)cc3C)o2)cc1. The monoisotopic (exact) mass is 451 g/mol. The lowest BCUT2D eigenvalue weighted by atomic mass is 10.3. The third kappa shape index (κ3) is 6.29. The van der Waals surface area contributed by atoms with Crippen LogP contribution in [0.15, 0.2) is 46.9 Å². The molecule has 32 heavy (non-hydrogen) atoms. The van der Waals surface area contributed by atoms with Crippen LogP contribution in [-0.2, 0) is 19.3 Å². The third-order valence-electron chi connectivity index (χ3n) is 4.51. The summed E-state index contributed by atoms with van der Waals surface area (Å²) >= 11 is 0. The van der Waals surface area contributed by atoms with E-state index in [1.807, 2.05) is 6.92 Å². The molecule has 1 aromatic carbocycles. The molecule has 0 spiro atoms. The van der Waals surface area contributed by atoms with E-state index < -0.39 is 17.8 Å². The van der Waals surface area contributed by atoms with Crippen molar-refractivity contribution in [2.24, 2.45) is 0 Å². The van der Waals surface area contributed by atoms with Crippen LogP contribution < -0.4 is 14.8 Å². The summed E-state index contributed by atoms with van der Waals surface area (Å²) < 4.78 is 55.9. The van der Waals surface area contributed by atoms with Crippen molar-refractivity contribution in [3.8, 4) is 11.5 Å². The van der Waals surface area contributed by atoms with Crippen molar-refractivity contribution >= 4 is 5.91 Å². The molecule has 2 heterocycles. The molecule has 3 aromatic rings. The molecule has 0 atom stereocenters. The summed E-state index contributed by atoms with van der Waals surface area (Å²) in [5, 5.41) is 6.24. The number of ether oxygens (including phenoxy) is 2. The third-order valence-corrected chi connectivity index (χ3v) is 4.51. The Bertz CT molecular complexity index is 1030. The highest BCUT2D eigenvalue weighted by atomic mass is 19.4. The van der Waals surface area contributed by atoms with E-state index in [1.54, 1.807) is 43.3 Å². The molecule has 10 heteroatoms. The van der Waals surface area contributed by atoms with Crippen LogP contribution in [0.25, 0.3) is 0 Å². The van der Waals surface area contributed by atoms with Crippen molar-refractivity contribution < 1.29 is 31.9 Å². The Morgan fingerprint density at radius 2 is 1.81 bits per heavy atom. The van der Waals surface area contributed by atoms with Crippen LogP contribution in [0.5, 0.6) is 11.5 Å². The van der Waals surface area contributed by atoms with Crippen LogP contribution in [0, 0.1) is 6.92 Å². The van der Waals surface area contributed by atoms with Gasteiger partial charge in [0, 0.05) is 18.8 Å². The number of hydrogen-bond donors (Lipinski definition) is 1. The van der Waals surface area contributed by atoms with Crippen LogP contribution in [0.2, 0.25) is 0 Å². The van der Waals surface area contributed by atoms with E-state index in [0.29, 0.717) is 30.2 Å². The van der Waals surface area contributed by atoms with E-state index >= 15 is 0 Å². The first kappa shape index (κ1) is 23.2. The average molecular weight is 451 g/mol. The number of amides is 1. The fraction of sp³-hybridized carbons (Fsp3) is 0.364. The topological polar surface area (TPSA) is 78.5 Å². The molecule has 3 rings (SSSR count). The summed E-state index contributed by atoms with van der Waals surface area (Å²) in [5.74, 6) is 1.59. The lowest BCUT2D eigenvalue weighted by Gasteiger charge is -2.07. The molecule has 0 aliphatic carbocycles. The molecule has 1 amide bonds. The second kappa shape index (κ2) is 10.3. The number of carbonyl (C=O) groups excluding carboxylic acids is 1. The molecule has 0 aliphatic rings. The van der Waals surface area contributed by atoms with Gasteiger partial charge in [-0.1, -0.05) is 0 Å². The molecular weight excluding hydrogens is 427 g/mol. The fourth-order valence-corrected chi connectivity index (χ4v) is 2.92. The smallest absolute Gasteiger partial charge is 0.435 e. The summed E-state index contributed by atoms with van der Waals surface area (Å²) in [4.78, 5) is 12.2. The van der Waals surface area contributed by atoms with Crippen LogP contribution in [0.1, 0.15) is 41.0 Å². The van der Waals surface area contributed by atoms with E-state index in [9.17, 15) is 18.0 Å². The van der Waals surface area contributed by atoms with Crippen molar-refractivity contribution in [1.82, 2.24) is 15.1 Å². The van der Waals surface area contributed by atoms with Gasteiger partial charge in [-0.25, -0.2) is 0 Å². The van der Waals surface area contributed by atoms with E-state index in [1.165, 1.54) is 4.68 Å². The normalized spacial score (nSPS) is 11.4. The highest BCUT2D eigenvalue weighted by molar-refractivity contribution is 5.91. The molecular formula is C22H24F3N3O4. The van der Waals surface area contributed by atoms with Gasteiger partial charge >= 0.3 is 6.18 Å². The summed E-state index contributed by atoms with van der Waals surface area (Å²) in [6.07, 6.45) is -4.06. The van der Waals surface area contributed by atoms with Crippen molar-refractivity contribution in [2.75, 3.05) is 13.2 Å². The number of halogens is 3. The van der Waals surface area contributed by atoms with E-state index in [0.717, 1.165) is 11.8 Å². The lowest BCUT2D eigenvalue weighted by molar-refractivity contribution is -0.141. The van der Waals surface area contributed by atoms with Crippen LogP contribution in [0.4, 0.5) is 13.2 Å². The number of benzene rings is 1. The molecule has 0 unspecified atom stereocenters. The van der Waals surface area contributed by atoms with E-state index in [2.05, 4.69) is 10.4 Å². The highest BCUT2D eigenvalue weighted by Crippen LogP contribution is 2.28. The maximum absolute atomic E-state index is 12.7. The molecule has 0 saturated carbocycles. The molecule has 0 fully saturated rings. The van der Waals surface area contributed by atoms with Gasteiger partial charge in [0.2, 0.25) is 0 Å². The van der Waals surface area contributed by atoms with Gasteiger partial charge in [-0.15, -0.1) is 0 Å². The number of nitrogens with one attached hydrogen (secondary N) is 1. The molecule has 0 aliphatic heterocycles. The predicted octanol–water partition coefficient (Wildman–Crippen LogP) is 4.60.